The number of carboxylic acids is 2. The van der Waals surface area contributed by atoms with Gasteiger partial charge in [0.05, 0.1) is 15.2 Å². The highest BCUT2D eigenvalue weighted by Gasteiger charge is 2.48. The van der Waals surface area contributed by atoms with Gasteiger partial charge in [0.25, 0.3) is 20.2 Å². The van der Waals surface area contributed by atoms with Crippen LogP contribution in [0.15, 0.2) is 70.1 Å². The van der Waals surface area contributed by atoms with Gasteiger partial charge in [-0.2, -0.15) is 21.4 Å². The topological polar surface area (TPSA) is 190 Å². The lowest BCUT2D eigenvalue weighted by atomic mass is 9.75. The number of carboxylic acid groups (broad SMARTS) is 2. The van der Waals surface area contributed by atoms with Gasteiger partial charge in [-0.05, 0) is 95.3 Å². The molecule has 0 fully saturated rings. The normalized spacial score (nSPS) is 21.1. The maximum absolute atomic E-state index is 12.2. The van der Waals surface area contributed by atoms with Crippen LogP contribution in [-0.2, 0) is 40.7 Å². The van der Waals surface area contributed by atoms with Crippen molar-refractivity contribution in [2.75, 3.05) is 18.0 Å². The fourth-order valence-corrected chi connectivity index (χ4v) is 8.70. The summed E-state index contributed by atoms with van der Waals surface area (Å²) in [5.74, 6) is -1.72. The second-order valence-corrected chi connectivity index (χ2v) is 16.5. The lowest BCUT2D eigenvalue weighted by Gasteiger charge is -2.30. The summed E-state index contributed by atoms with van der Waals surface area (Å²) in [6.45, 7) is 9.19. The molecule has 4 rings (SSSR count). The van der Waals surface area contributed by atoms with Gasteiger partial charge >= 0.3 is 11.9 Å². The van der Waals surface area contributed by atoms with Gasteiger partial charge in [0.15, 0.2) is 5.71 Å². The average molecular weight is 746 g/mol. The molecule has 14 heteroatoms. The smallest absolute Gasteiger partial charge is 0.303 e. The van der Waals surface area contributed by atoms with E-state index in [1.807, 2.05) is 45.9 Å². The summed E-state index contributed by atoms with van der Waals surface area (Å²) < 4.78 is 70.6. The number of anilines is 1. The average Bonchev–Trinajstić information content (AvgIpc) is 3.43. The van der Waals surface area contributed by atoms with E-state index in [-0.39, 0.29) is 22.6 Å². The molecule has 0 saturated heterocycles. The minimum atomic E-state index is -4.47. The van der Waals surface area contributed by atoms with Crippen LogP contribution in [0.3, 0.4) is 0 Å². The summed E-state index contributed by atoms with van der Waals surface area (Å²) in [6, 6.07) is 9.21. The van der Waals surface area contributed by atoms with Gasteiger partial charge in [-0.25, -0.2) is 0 Å². The number of hydrogen-bond donors (Lipinski definition) is 4. The van der Waals surface area contributed by atoms with Crippen LogP contribution < -0.4 is 4.90 Å². The highest BCUT2D eigenvalue weighted by Crippen LogP contribution is 2.51. The predicted molar refractivity (Wildman–Crippen MR) is 194 cm³/mol. The van der Waals surface area contributed by atoms with Gasteiger partial charge in [-0.3, -0.25) is 18.7 Å². The van der Waals surface area contributed by atoms with Gasteiger partial charge < -0.3 is 15.1 Å². The molecule has 2 aromatic carbocycles. The first-order chi connectivity index (χ1) is 23.9. The minimum Gasteiger partial charge on any atom is -0.481 e. The Hall–Kier alpha value is -3.85. The highest BCUT2D eigenvalue weighted by molar-refractivity contribution is 7.86. The molecule has 2 atom stereocenters. The molecule has 2 aliphatic rings. The first-order valence-electron chi connectivity index (χ1n) is 17.4. The van der Waals surface area contributed by atoms with E-state index in [9.17, 15) is 35.5 Å². The molecule has 0 aromatic heterocycles. The maximum Gasteiger partial charge on any atom is 0.303 e. The van der Waals surface area contributed by atoms with Crippen LogP contribution >= 0.6 is 0 Å². The second kappa shape index (κ2) is 15.8. The molecule has 0 amide bonds. The van der Waals surface area contributed by atoms with E-state index in [2.05, 4.69) is 9.48 Å². The van der Waals surface area contributed by atoms with E-state index in [0.29, 0.717) is 64.5 Å². The van der Waals surface area contributed by atoms with E-state index in [0.717, 1.165) is 33.9 Å². The number of carbonyl (C=O) groups is 2. The van der Waals surface area contributed by atoms with Crippen molar-refractivity contribution >= 4 is 49.3 Å². The Morgan fingerprint density at radius 1 is 0.765 bits per heavy atom. The summed E-state index contributed by atoms with van der Waals surface area (Å²) in [5, 5.41) is 18.2. The van der Waals surface area contributed by atoms with Crippen molar-refractivity contribution < 1.29 is 50.3 Å². The first-order valence-corrected chi connectivity index (χ1v) is 20.3. The molecule has 4 N–H and O–H groups in total. The largest absolute Gasteiger partial charge is 0.481 e. The van der Waals surface area contributed by atoms with E-state index < -0.39 is 43.0 Å². The molecular formula is C37H49N2O10S2+. The number of hydrogen-bond acceptors (Lipinski definition) is 7. The monoisotopic (exact) mass is 745 g/mol. The summed E-state index contributed by atoms with van der Waals surface area (Å²) in [7, 11) is -8.94. The summed E-state index contributed by atoms with van der Waals surface area (Å²) in [6.07, 6.45) is 11.0. The van der Waals surface area contributed by atoms with Gasteiger partial charge in [0, 0.05) is 53.9 Å². The van der Waals surface area contributed by atoms with Gasteiger partial charge in [0.2, 0.25) is 5.69 Å². The molecule has 0 aliphatic carbocycles. The number of unbranched alkanes of at least 4 members (excludes halogenated alkanes) is 4. The van der Waals surface area contributed by atoms with Crippen LogP contribution in [0, 0.1) is 0 Å². The van der Waals surface area contributed by atoms with Gasteiger partial charge in [0.1, 0.15) is 6.54 Å². The van der Waals surface area contributed by atoms with Gasteiger partial charge in [-0.1, -0.05) is 31.8 Å². The SMILES string of the molecule is CCN1/C(=C/C=C/C2=[N+](CC)c3ccc(S(=O)(=O)O)cc3C2(C)CCCCCC(=O)O)C(C)(CCCCCC(=O)O)c2cc(S(=O)(=O)O)ccc21. The standard InChI is InChI=1S/C37H48N2O10S2/c1-5-38-30-20-18-26(50(44,45)46)24-28(30)36(3,22-11-7-9-16-34(40)41)32(38)14-13-15-33-37(4,23-12-8-10-17-35(42)43)29-25-27(51(47,48)49)19-21-31(29)39(33)6-2/h13-15,18-21,24-25H,5-12,16-17,22-23H2,1-4H3,(H3-,40,41,42,43,44,45,46,47,48,49)/p+1. The van der Waals surface area contributed by atoms with Crippen LogP contribution in [0.4, 0.5) is 11.4 Å². The van der Waals surface area contributed by atoms with E-state index in [1.165, 1.54) is 24.3 Å². The van der Waals surface area contributed by atoms with Crippen molar-refractivity contribution in [1.29, 1.82) is 0 Å². The molecule has 0 bridgehead atoms. The number of allylic oxidation sites excluding steroid dienone is 4. The number of aliphatic carboxylic acids is 2. The quantitative estimate of drug-likeness (QED) is 0.0708. The number of likely N-dealkylation sites (N-methyl/N-ethyl adjacent to an activating group) is 1. The zero-order valence-electron chi connectivity index (χ0n) is 29.6. The van der Waals surface area contributed by atoms with Crippen molar-refractivity contribution in [3.05, 3.63) is 71.5 Å². The van der Waals surface area contributed by atoms with Crippen molar-refractivity contribution in [2.24, 2.45) is 0 Å². The zero-order chi connectivity index (χ0) is 37.8. The molecule has 0 radical (unpaired) electrons. The Bertz CT molecular complexity index is 1980. The Balaban J connectivity index is 1.79. The number of rotatable bonds is 18. The van der Waals surface area contributed by atoms with Crippen LogP contribution in [0.1, 0.15) is 103 Å². The van der Waals surface area contributed by atoms with Crippen molar-refractivity contribution in [3.63, 3.8) is 0 Å². The molecule has 2 aromatic rings. The third kappa shape index (κ3) is 8.62. The molecule has 0 spiro atoms. The molecule has 2 unspecified atom stereocenters. The molecule has 278 valence electrons. The van der Waals surface area contributed by atoms with Gasteiger partial charge in [-0.15, -0.1) is 0 Å². The molecule has 2 heterocycles. The fourth-order valence-electron chi connectivity index (χ4n) is 7.69. The van der Waals surface area contributed by atoms with Crippen molar-refractivity contribution in [3.8, 4) is 0 Å². The fraction of sp³-hybridized carbons (Fsp3) is 0.486. The zero-order valence-corrected chi connectivity index (χ0v) is 31.3. The maximum atomic E-state index is 12.2. The highest BCUT2D eigenvalue weighted by atomic mass is 32.2. The van der Waals surface area contributed by atoms with Crippen molar-refractivity contribution in [1.82, 2.24) is 0 Å². The Labute approximate surface area is 300 Å². The van der Waals surface area contributed by atoms with Crippen LogP contribution in [0.25, 0.3) is 0 Å². The lowest BCUT2D eigenvalue weighted by molar-refractivity contribution is -0.433. The van der Waals surface area contributed by atoms with Crippen LogP contribution in [0.2, 0.25) is 0 Å². The van der Waals surface area contributed by atoms with E-state index in [1.54, 1.807) is 12.1 Å². The van der Waals surface area contributed by atoms with Crippen LogP contribution in [0.5, 0.6) is 0 Å². The third-order valence-electron chi connectivity index (χ3n) is 10.3. The first kappa shape index (κ1) is 39.9. The third-order valence-corrected chi connectivity index (χ3v) is 12.0. The molecule has 12 nitrogen and oxygen atoms in total. The number of nitrogens with zero attached hydrogens (tertiary/aromatic N) is 2. The lowest BCUT2D eigenvalue weighted by Crippen LogP contribution is -2.31. The van der Waals surface area contributed by atoms with E-state index >= 15 is 0 Å². The summed E-state index contributed by atoms with van der Waals surface area (Å²) >= 11 is 0. The molecule has 2 aliphatic heterocycles. The number of fused-ring (bicyclic) bond motifs is 2. The van der Waals surface area contributed by atoms with Crippen LogP contribution in [-0.4, -0.2) is 71.5 Å². The summed E-state index contributed by atoms with van der Waals surface area (Å²) in [4.78, 5) is 23.9. The predicted octanol–water partition coefficient (Wildman–Crippen LogP) is 6.86. The minimum absolute atomic E-state index is 0.0612. The summed E-state index contributed by atoms with van der Waals surface area (Å²) in [5.41, 5.74) is 3.59. The molecule has 0 saturated carbocycles. The number of benzene rings is 2. The molecule has 51 heavy (non-hydrogen) atoms. The Kier molecular flexibility index (Phi) is 12.4. The van der Waals surface area contributed by atoms with E-state index in [4.69, 9.17) is 10.2 Å². The second-order valence-electron chi connectivity index (χ2n) is 13.7. The van der Waals surface area contributed by atoms with Crippen molar-refractivity contribution in [2.45, 2.75) is 113 Å². The Morgan fingerprint density at radius 2 is 1.29 bits per heavy atom. The Morgan fingerprint density at radius 3 is 1.80 bits per heavy atom. The molecular weight excluding hydrogens is 697 g/mol.